The van der Waals surface area contributed by atoms with Gasteiger partial charge in [-0.15, -0.1) is 0 Å². The number of aromatic amines is 1. The number of amides is 1. The van der Waals surface area contributed by atoms with Gasteiger partial charge >= 0.3 is 0 Å². The molecule has 2 aromatic heterocycles. The van der Waals surface area contributed by atoms with Crippen molar-refractivity contribution in [3.05, 3.63) is 42.2 Å². The maximum atomic E-state index is 12.9. The van der Waals surface area contributed by atoms with Crippen LogP contribution in [-0.4, -0.2) is 46.6 Å². The summed E-state index contributed by atoms with van der Waals surface area (Å²) in [5.41, 5.74) is 8.76. The Labute approximate surface area is 188 Å². The molecule has 8 nitrogen and oxygen atoms in total. The van der Waals surface area contributed by atoms with Crippen LogP contribution in [0, 0.1) is 0 Å². The molecule has 32 heavy (non-hydrogen) atoms. The number of rotatable bonds is 6. The van der Waals surface area contributed by atoms with E-state index in [0.29, 0.717) is 29.0 Å². The van der Waals surface area contributed by atoms with Crippen molar-refractivity contribution in [2.45, 2.75) is 61.6 Å². The largest absolute Gasteiger partial charge is 0.350 e. The third kappa shape index (κ3) is 4.40. The minimum atomic E-state index is -3.34. The fraction of sp³-hybridized carbons (Fsp3) is 0.435. The first kappa shape index (κ1) is 22.4. The van der Waals surface area contributed by atoms with Gasteiger partial charge in [-0.05, 0) is 38.8 Å². The van der Waals surface area contributed by atoms with Crippen LogP contribution in [0.25, 0.3) is 22.4 Å². The van der Waals surface area contributed by atoms with Crippen molar-refractivity contribution in [1.82, 2.24) is 20.3 Å². The second kappa shape index (κ2) is 8.63. The van der Waals surface area contributed by atoms with E-state index in [2.05, 4.69) is 20.3 Å². The van der Waals surface area contributed by atoms with E-state index in [1.807, 2.05) is 0 Å². The highest BCUT2D eigenvalue weighted by Gasteiger charge is 2.28. The van der Waals surface area contributed by atoms with Crippen molar-refractivity contribution in [3.8, 4) is 11.3 Å². The number of nitrogens with one attached hydrogen (secondary N) is 2. The highest BCUT2D eigenvalue weighted by atomic mass is 32.2. The van der Waals surface area contributed by atoms with Gasteiger partial charge in [0.15, 0.2) is 15.5 Å². The summed E-state index contributed by atoms with van der Waals surface area (Å²) < 4.78 is 24.7. The molecule has 1 saturated carbocycles. The van der Waals surface area contributed by atoms with Gasteiger partial charge in [0.2, 0.25) is 0 Å². The van der Waals surface area contributed by atoms with E-state index in [1.165, 1.54) is 6.42 Å². The molecule has 0 radical (unpaired) electrons. The first-order chi connectivity index (χ1) is 15.2. The summed E-state index contributed by atoms with van der Waals surface area (Å²) in [7, 11) is -3.34. The summed E-state index contributed by atoms with van der Waals surface area (Å²) in [6.07, 6.45) is 8.39. The molecule has 1 aromatic carbocycles. The Morgan fingerprint density at radius 2 is 1.88 bits per heavy atom. The van der Waals surface area contributed by atoms with E-state index in [4.69, 9.17) is 5.73 Å². The number of hydrogen-bond donors (Lipinski definition) is 3. The molecule has 1 fully saturated rings. The fourth-order valence-corrected chi connectivity index (χ4v) is 5.14. The molecule has 0 bridgehead atoms. The molecule has 0 atom stereocenters. The average Bonchev–Trinajstić information content (AvgIpc) is 3.21. The standard InChI is InChI=1S/C23H29N5O3S/c1-15(2)32(30,31)17-8-6-16(7-9-17)19-13-26-21-20(28-19)18(12-25-21)22(29)27-14-23(24)10-4-3-5-11-23/h6-9,12-13,15H,3-5,10-11,14,24H2,1-2H3,(H,25,26)(H,27,29). The summed E-state index contributed by atoms with van der Waals surface area (Å²) >= 11 is 0. The summed E-state index contributed by atoms with van der Waals surface area (Å²) in [6, 6.07) is 6.57. The van der Waals surface area contributed by atoms with Gasteiger partial charge < -0.3 is 16.0 Å². The lowest BCUT2D eigenvalue weighted by Gasteiger charge is -2.33. The molecular weight excluding hydrogens is 426 g/mol. The van der Waals surface area contributed by atoms with Crippen LogP contribution in [0.1, 0.15) is 56.3 Å². The fourth-order valence-electron chi connectivity index (χ4n) is 4.08. The zero-order chi connectivity index (χ0) is 22.9. The lowest BCUT2D eigenvalue weighted by atomic mass is 9.82. The molecule has 1 amide bonds. The first-order valence-electron chi connectivity index (χ1n) is 11.0. The van der Waals surface area contributed by atoms with Crippen molar-refractivity contribution in [2.75, 3.05) is 6.54 Å². The zero-order valence-corrected chi connectivity index (χ0v) is 19.2. The molecule has 0 unspecified atom stereocenters. The highest BCUT2D eigenvalue weighted by Crippen LogP contribution is 2.26. The molecule has 1 aliphatic carbocycles. The van der Waals surface area contributed by atoms with Crippen LogP contribution in [0.5, 0.6) is 0 Å². The molecule has 1 aliphatic rings. The second-order valence-electron chi connectivity index (χ2n) is 8.88. The molecule has 3 aromatic rings. The number of sulfone groups is 1. The quantitative estimate of drug-likeness (QED) is 0.523. The lowest BCUT2D eigenvalue weighted by molar-refractivity contribution is 0.0939. The van der Waals surface area contributed by atoms with E-state index in [0.717, 1.165) is 31.2 Å². The first-order valence-corrected chi connectivity index (χ1v) is 12.5. The van der Waals surface area contributed by atoms with Gasteiger partial charge in [-0.1, -0.05) is 31.4 Å². The van der Waals surface area contributed by atoms with Gasteiger partial charge in [0, 0.05) is 23.8 Å². The molecule has 2 heterocycles. The van der Waals surface area contributed by atoms with E-state index >= 15 is 0 Å². The molecule has 9 heteroatoms. The van der Waals surface area contributed by atoms with Crippen molar-refractivity contribution in [3.63, 3.8) is 0 Å². The Morgan fingerprint density at radius 1 is 1.19 bits per heavy atom. The Bertz CT molecular complexity index is 1230. The number of H-pyrrole nitrogens is 1. The SMILES string of the molecule is CC(C)S(=O)(=O)c1ccc(-c2cnc3[nH]cc(C(=O)NCC4(N)CCCCC4)c3n2)cc1. The number of benzene rings is 1. The molecule has 0 aliphatic heterocycles. The predicted molar refractivity (Wildman–Crippen MR) is 124 cm³/mol. The van der Waals surface area contributed by atoms with E-state index in [9.17, 15) is 13.2 Å². The molecule has 4 rings (SSSR count). The van der Waals surface area contributed by atoms with Gasteiger partial charge in [0.05, 0.1) is 27.6 Å². The van der Waals surface area contributed by atoms with Crippen LogP contribution in [0.15, 0.2) is 41.6 Å². The van der Waals surface area contributed by atoms with Crippen molar-refractivity contribution in [2.24, 2.45) is 5.73 Å². The third-order valence-corrected chi connectivity index (χ3v) is 8.35. The van der Waals surface area contributed by atoms with Crippen molar-refractivity contribution >= 4 is 26.9 Å². The van der Waals surface area contributed by atoms with Crippen molar-refractivity contribution in [1.29, 1.82) is 0 Å². The van der Waals surface area contributed by atoms with Crippen molar-refractivity contribution < 1.29 is 13.2 Å². The minimum Gasteiger partial charge on any atom is -0.350 e. The monoisotopic (exact) mass is 455 g/mol. The van der Waals surface area contributed by atoms with Gasteiger partial charge in [-0.25, -0.2) is 18.4 Å². The molecule has 170 valence electrons. The van der Waals surface area contributed by atoms with Gasteiger partial charge in [-0.2, -0.15) is 0 Å². The average molecular weight is 456 g/mol. The summed E-state index contributed by atoms with van der Waals surface area (Å²) in [4.78, 5) is 25.1. The van der Waals surface area contributed by atoms with Gasteiger partial charge in [0.25, 0.3) is 5.91 Å². The maximum Gasteiger partial charge on any atom is 0.255 e. The molecule has 4 N–H and O–H groups in total. The number of carbonyl (C=O) groups excluding carboxylic acids is 1. The second-order valence-corrected chi connectivity index (χ2v) is 11.4. The van der Waals surface area contributed by atoms with E-state index < -0.39 is 15.1 Å². The molecule has 0 spiro atoms. The van der Waals surface area contributed by atoms with Crippen LogP contribution in [0.4, 0.5) is 0 Å². The zero-order valence-electron chi connectivity index (χ0n) is 18.4. The van der Waals surface area contributed by atoms with Crippen LogP contribution < -0.4 is 11.1 Å². The maximum absolute atomic E-state index is 12.9. The van der Waals surface area contributed by atoms with E-state index in [-0.39, 0.29) is 16.3 Å². The summed E-state index contributed by atoms with van der Waals surface area (Å²) in [5, 5.41) is 2.47. The smallest absolute Gasteiger partial charge is 0.255 e. The van der Waals surface area contributed by atoms with Gasteiger partial charge in [-0.3, -0.25) is 4.79 Å². The topological polar surface area (TPSA) is 131 Å². The number of nitrogens with two attached hydrogens (primary N) is 1. The Hall–Kier alpha value is -2.78. The minimum absolute atomic E-state index is 0.239. The molecule has 0 saturated heterocycles. The Kier molecular flexibility index (Phi) is 6.05. The van der Waals surface area contributed by atoms with Gasteiger partial charge in [0.1, 0.15) is 5.52 Å². The van der Waals surface area contributed by atoms with Crippen LogP contribution in [-0.2, 0) is 9.84 Å². The Balaban J connectivity index is 1.57. The number of carbonyl (C=O) groups is 1. The number of nitrogens with zero attached hydrogens (tertiary/aromatic N) is 2. The highest BCUT2D eigenvalue weighted by molar-refractivity contribution is 7.92. The lowest BCUT2D eigenvalue weighted by Crippen LogP contribution is -2.51. The summed E-state index contributed by atoms with van der Waals surface area (Å²) in [5.74, 6) is -0.239. The molecular formula is C23H29N5O3S. The van der Waals surface area contributed by atoms with E-state index in [1.54, 1.807) is 50.5 Å². The summed E-state index contributed by atoms with van der Waals surface area (Å²) in [6.45, 7) is 3.74. The Morgan fingerprint density at radius 3 is 2.53 bits per heavy atom. The predicted octanol–water partition coefficient (Wildman–Crippen LogP) is 3.20. The van der Waals surface area contributed by atoms with Crippen LogP contribution in [0.2, 0.25) is 0 Å². The normalized spacial score (nSPS) is 16.4. The van der Waals surface area contributed by atoms with Crippen LogP contribution in [0.3, 0.4) is 0 Å². The number of fused-ring (bicyclic) bond motifs is 1. The third-order valence-electron chi connectivity index (χ3n) is 6.18. The number of hydrogen-bond acceptors (Lipinski definition) is 6. The number of aromatic nitrogens is 3. The van der Waals surface area contributed by atoms with Crippen LogP contribution >= 0.6 is 0 Å².